The lowest BCUT2D eigenvalue weighted by atomic mass is 10.3. The number of rotatable bonds is 5. The molecule has 98 valence electrons. The van der Waals surface area contributed by atoms with Gasteiger partial charge >= 0.3 is 0 Å². The third-order valence-corrected chi connectivity index (χ3v) is 2.90. The standard InChI is InChI=1S/C12H16BrN3O2/c1-14-11(17)8-16(2)12(18)7-15-10-5-3-9(13)4-6-10/h3-6,15H,7-8H2,1-2H3,(H,14,17). The molecule has 2 amide bonds. The molecule has 0 aliphatic heterocycles. The second-order valence-electron chi connectivity index (χ2n) is 3.78. The fraction of sp³-hybridized carbons (Fsp3) is 0.333. The first kappa shape index (κ1) is 14.5. The summed E-state index contributed by atoms with van der Waals surface area (Å²) in [7, 11) is 3.14. The van der Waals surface area contributed by atoms with E-state index in [2.05, 4.69) is 26.6 Å². The largest absolute Gasteiger partial charge is 0.376 e. The first-order chi connectivity index (χ1) is 8.52. The van der Waals surface area contributed by atoms with Gasteiger partial charge in [-0.05, 0) is 24.3 Å². The van der Waals surface area contributed by atoms with Crippen molar-refractivity contribution in [2.45, 2.75) is 0 Å². The summed E-state index contributed by atoms with van der Waals surface area (Å²) >= 11 is 3.34. The molecule has 0 aliphatic carbocycles. The zero-order chi connectivity index (χ0) is 13.5. The zero-order valence-corrected chi connectivity index (χ0v) is 12.0. The van der Waals surface area contributed by atoms with E-state index in [1.54, 1.807) is 14.1 Å². The number of benzene rings is 1. The van der Waals surface area contributed by atoms with Crippen LogP contribution in [-0.4, -0.2) is 43.9 Å². The Labute approximate surface area is 115 Å². The van der Waals surface area contributed by atoms with Crippen molar-refractivity contribution in [1.29, 1.82) is 0 Å². The lowest BCUT2D eigenvalue weighted by Gasteiger charge is -2.16. The summed E-state index contributed by atoms with van der Waals surface area (Å²) in [5, 5.41) is 5.47. The minimum atomic E-state index is -0.186. The van der Waals surface area contributed by atoms with Crippen LogP contribution in [0.5, 0.6) is 0 Å². The highest BCUT2D eigenvalue weighted by molar-refractivity contribution is 9.10. The van der Waals surface area contributed by atoms with Gasteiger partial charge in [-0.15, -0.1) is 0 Å². The number of likely N-dealkylation sites (N-methyl/N-ethyl adjacent to an activating group) is 2. The van der Waals surface area contributed by atoms with Crippen LogP contribution < -0.4 is 10.6 Å². The van der Waals surface area contributed by atoms with Crippen molar-refractivity contribution < 1.29 is 9.59 Å². The van der Waals surface area contributed by atoms with Crippen molar-refractivity contribution in [3.05, 3.63) is 28.7 Å². The molecule has 0 spiro atoms. The van der Waals surface area contributed by atoms with Crippen LogP contribution in [0, 0.1) is 0 Å². The summed E-state index contributed by atoms with van der Waals surface area (Å²) < 4.78 is 0.983. The van der Waals surface area contributed by atoms with Crippen LogP contribution in [0.1, 0.15) is 0 Å². The predicted octanol–water partition coefficient (Wildman–Crippen LogP) is 1.07. The van der Waals surface area contributed by atoms with E-state index in [0.29, 0.717) is 0 Å². The molecule has 0 unspecified atom stereocenters. The molecule has 1 aromatic carbocycles. The lowest BCUT2D eigenvalue weighted by Crippen LogP contribution is -2.39. The fourth-order valence-corrected chi connectivity index (χ4v) is 1.53. The van der Waals surface area contributed by atoms with Gasteiger partial charge in [0.25, 0.3) is 0 Å². The van der Waals surface area contributed by atoms with E-state index < -0.39 is 0 Å². The molecule has 6 heteroatoms. The molecular formula is C12H16BrN3O2. The van der Waals surface area contributed by atoms with Crippen LogP contribution in [0.2, 0.25) is 0 Å². The maximum absolute atomic E-state index is 11.7. The number of halogens is 1. The van der Waals surface area contributed by atoms with Crippen LogP contribution in [0.15, 0.2) is 28.7 Å². The Morgan fingerprint density at radius 2 is 1.89 bits per heavy atom. The van der Waals surface area contributed by atoms with Crippen LogP contribution >= 0.6 is 15.9 Å². The fourth-order valence-electron chi connectivity index (χ4n) is 1.26. The van der Waals surface area contributed by atoms with Gasteiger partial charge in [0.1, 0.15) is 0 Å². The molecule has 1 aromatic rings. The van der Waals surface area contributed by atoms with E-state index in [0.717, 1.165) is 10.2 Å². The van der Waals surface area contributed by atoms with Crippen molar-refractivity contribution in [3.8, 4) is 0 Å². The highest BCUT2D eigenvalue weighted by atomic mass is 79.9. The second-order valence-corrected chi connectivity index (χ2v) is 4.70. The second kappa shape index (κ2) is 7.00. The minimum Gasteiger partial charge on any atom is -0.376 e. The summed E-state index contributed by atoms with van der Waals surface area (Å²) in [4.78, 5) is 24.2. The molecule has 1 rings (SSSR count). The first-order valence-corrected chi connectivity index (χ1v) is 6.26. The summed E-state index contributed by atoms with van der Waals surface area (Å²) in [6.45, 7) is 0.229. The number of amides is 2. The van der Waals surface area contributed by atoms with Crippen LogP contribution in [-0.2, 0) is 9.59 Å². The average molecular weight is 314 g/mol. The van der Waals surface area contributed by atoms with Crippen molar-refractivity contribution in [3.63, 3.8) is 0 Å². The van der Waals surface area contributed by atoms with Crippen molar-refractivity contribution in [2.75, 3.05) is 32.5 Å². The number of nitrogens with one attached hydrogen (secondary N) is 2. The average Bonchev–Trinajstić information content (AvgIpc) is 2.37. The van der Waals surface area contributed by atoms with Crippen LogP contribution in [0.25, 0.3) is 0 Å². The van der Waals surface area contributed by atoms with E-state index in [4.69, 9.17) is 0 Å². The van der Waals surface area contributed by atoms with E-state index in [1.807, 2.05) is 24.3 Å². The predicted molar refractivity (Wildman–Crippen MR) is 74.3 cm³/mol. The van der Waals surface area contributed by atoms with Crippen molar-refractivity contribution >= 4 is 33.4 Å². The van der Waals surface area contributed by atoms with Gasteiger partial charge in [-0.3, -0.25) is 9.59 Å². The number of hydrogen-bond donors (Lipinski definition) is 2. The molecule has 0 saturated carbocycles. The van der Waals surface area contributed by atoms with E-state index in [-0.39, 0.29) is 24.9 Å². The van der Waals surface area contributed by atoms with Gasteiger partial charge in [-0.2, -0.15) is 0 Å². The molecule has 2 N–H and O–H groups in total. The third kappa shape index (κ3) is 4.75. The molecule has 0 aliphatic rings. The quantitative estimate of drug-likeness (QED) is 0.854. The zero-order valence-electron chi connectivity index (χ0n) is 10.4. The molecule has 0 aromatic heterocycles. The number of nitrogens with zero attached hydrogens (tertiary/aromatic N) is 1. The third-order valence-electron chi connectivity index (χ3n) is 2.37. The Balaban J connectivity index is 2.41. The lowest BCUT2D eigenvalue weighted by molar-refractivity contribution is -0.133. The molecule has 18 heavy (non-hydrogen) atoms. The Hall–Kier alpha value is -1.56. The van der Waals surface area contributed by atoms with Gasteiger partial charge < -0.3 is 15.5 Å². The van der Waals surface area contributed by atoms with E-state index in [9.17, 15) is 9.59 Å². The highest BCUT2D eigenvalue weighted by Gasteiger charge is 2.11. The highest BCUT2D eigenvalue weighted by Crippen LogP contribution is 2.13. The summed E-state index contributed by atoms with van der Waals surface area (Å²) in [5.74, 6) is -0.323. The number of carbonyl (C=O) groups is 2. The molecule has 0 heterocycles. The van der Waals surface area contributed by atoms with Crippen LogP contribution in [0.3, 0.4) is 0 Å². The molecule has 0 fully saturated rings. The van der Waals surface area contributed by atoms with E-state index >= 15 is 0 Å². The molecule has 0 bridgehead atoms. The summed E-state index contributed by atoms with van der Waals surface area (Å²) in [6.07, 6.45) is 0. The summed E-state index contributed by atoms with van der Waals surface area (Å²) in [5.41, 5.74) is 0.861. The van der Waals surface area contributed by atoms with E-state index in [1.165, 1.54) is 4.90 Å². The number of carbonyl (C=O) groups excluding carboxylic acids is 2. The Morgan fingerprint density at radius 1 is 1.28 bits per heavy atom. The monoisotopic (exact) mass is 313 g/mol. The van der Waals surface area contributed by atoms with Gasteiger partial charge in [0.2, 0.25) is 11.8 Å². The summed E-state index contributed by atoms with van der Waals surface area (Å²) in [6, 6.07) is 7.52. The number of anilines is 1. The minimum absolute atomic E-state index is 0.0668. The topological polar surface area (TPSA) is 61.4 Å². The SMILES string of the molecule is CNC(=O)CN(C)C(=O)CNc1ccc(Br)cc1. The molecule has 0 atom stereocenters. The van der Waals surface area contributed by atoms with Gasteiger partial charge in [0, 0.05) is 24.3 Å². The molecule has 5 nitrogen and oxygen atoms in total. The van der Waals surface area contributed by atoms with Gasteiger partial charge in [-0.1, -0.05) is 15.9 Å². The molecule has 0 radical (unpaired) electrons. The van der Waals surface area contributed by atoms with Crippen LogP contribution in [0.4, 0.5) is 5.69 Å². The molecule has 0 saturated heterocycles. The smallest absolute Gasteiger partial charge is 0.242 e. The maximum Gasteiger partial charge on any atom is 0.242 e. The Kier molecular flexibility index (Phi) is 5.64. The van der Waals surface area contributed by atoms with Crippen molar-refractivity contribution in [1.82, 2.24) is 10.2 Å². The van der Waals surface area contributed by atoms with Gasteiger partial charge in [-0.25, -0.2) is 0 Å². The van der Waals surface area contributed by atoms with Gasteiger partial charge in [0.15, 0.2) is 0 Å². The first-order valence-electron chi connectivity index (χ1n) is 5.47. The van der Waals surface area contributed by atoms with Gasteiger partial charge in [0.05, 0.1) is 13.1 Å². The Morgan fingerprint density at radius 3 is 2.44 bits per heavy atom. The normalized spacial score (nSPS) is 9.72. The Bertz CT molecular complexity index is 420. The number of hydrogen-bond acceptors (Lipinski definition) is 3. The van der Waals surface area contributed by atoms with Crippen molar-refractivity contribution in [2.24, 2.45) is 0 Å². The molecular weight excluding hydrogens is 298 g/mol. The maximum atomic E-state index is 11.7.